The number of anilines is 1. The molecule has 0 radical (unpaired) electrons. The van der Waals surface area contributed by atoms with Gasteiger partial charge in [0.25, 0.3) is 5.91 Å². The quantitative estimate of drug-likeness (QED) is 0.164. The molecule has 0 N–H and O–H groups in total. The molecule has 1 saturated heterocycles. The zero-order chi connectivity index (χ0) is 31.4. The zero-order valence-electron chi connectivity index (χ0n) is 27.5. The third kappa shape index (κ3) is 7.06. The maximum atomic E-state index is 13.5. The van der Waals surface area contributed by atoms with Crippen molar-refractivity contribution in [1.82, 2.24) is 4.90 Å². The van der Waals surface area contributed by atoms with E-state index < -0.39 is 0 Å². The van der Waals surface area contributed by atoms with Crippen LogP contribution < -0.4 is 14.4 Å². The highest BCUT2D eigenvalue weighted by Crippen LogP contribution is 2.51. The first-order chi connectivity index (χ1) is 20.5. The fourth-order valence-electron chi connectivity index (χ4n) is 5.17. The maximum absolute atomic E-state index is 13.5. The van der Waals surface area contributed by atoms with E-state index in [1.54, 1.807) is 23.8 Å². The lowest BCUT2D eigenvalue weighted by Gasteiger charge is -2.30. The number of fused-ring (bicyclic) bond motifs is 1. The molecule has 0 unspecified atom stereocenters. The number of thioether (sulfide) groups is 2. The summed E-state index contributed by atoms with van der Waals surface area (Å²) in [4.78, 5) is 24.3. The molecule has 2 aliphatic heterocycles. The molecule has 0 spiro atoms. The van der Waals surface area contributed by atoms with Crippen molar-refractivity contribution in [2.24, 2.45) is 4.99 Å². The molecule has 0 aliphatic carbocycles. The van der Waals surface area contributed by atoms with Gasteiger partial charge < -0.3 is 14.4 Å². The number of methoxy groups -OCH3 is 1. The number of carbonyl (C=O) groups excluding carboxylic acids is 1. The Bertz CT molecular complexity index is 1380. The Labute approximate surface area is 267 Å². The number of carbonyl (C=O) groups is 1. The summed E-state index contributed by atoms with van der Waals surface area (Å²) >= 11 is 3.16. The first-order valence-corrected chi connectivity index (χ1v) is 17.3. The summed E-state index contributed by atoms with van der Waals surface area (Å²) in [7, 11) is 1.68. The predicted octanol–water partition coefficient (Wildman–Crippen LogP) is 8.98. The molecule has 0 saturated carbocycles. The van der Waals surface area contributed by atoms with Crippen molar-refractivity contribution in [2.45, 2.75) is 96.8 Å². The van der Waals surface area contributed by atoms with Gasteiger partial charge in [0.15, 0.2) is 5.17 Å². The molecule has 0 atom stereocenters. The summed E-state index contributed by atoms with van der Waals surface area (Å²) in [6, 6.07) is 12.9. The number of amides is 1. The Morgan fingerprint density at radius 1 is 0.860 bits per heavy atom. The number of hydrogen-bond donors (Lipinski definition) is 0. The van der Waals surface area contributed by atoms with Crippen molar-refractivity contribution in [3.05, 3.63) is 57.5 Å². The average molecular weight is 624 g/mol. The molecule has 4 rings (SSSR count). The van der Waals surface area contributed by atoms with Crippen molar-refractivity contribution in [1.29, 1.82) is 0 Å². The van der Waals surface area contributed by atoms with E-state index in [0.717, 1.165) is 69.4 Å². The molecule has 2 aromatic carbocycles. The molecule has 0 bridgehead atoms. The first-order valence-electron chi connectivity index (χ1n) is 15.7. The van der Waals surface area contributed by atoms with Gasteiger partial charge in [-0.05, 0) is 85.9 Å². The molecule has 43 heavy (non-hydrogen) atoms. The first kappa shape index (κ1) is 33.3. The van der Waals surface area contributed by atoms with Crippen LogP contribution in [0.4, 0.5) is 5.69 Å². The van der Waals surface area contributed by atoms with E-state index in [4.69, 9.17) is 14.5 Å². The Morgan fingerprint density at radius 3 is 2.23 bits per heavy atom. The molecule has 8 heteroatoms. The molecular weight excluding hydrogens is 575 g/mol. The van der Waals surface area contributed by atoms with Gasteiger partial charge in [0.2, 0.25) is 0 Å². The Kier molecular flexibility index (Phi) is 10.9. The van der Waals surface area contributed by atoms with Crippen LogP contribution >= 0.6 is 23.5 Å². The number of nitrogens with zero attached hydrogens (tertiary/aromatic N) is 3. The van der Waals surface area contributed by atoms with E-state index in [1.807, 2.05) is 19.1 Å². The number of aliphatic imine (C=N–C) groups is 1. The minimum absolute atomic E-state index is 0.0380. The fourth-order valence-corrected chi connectivity index (χ4v) is 7.62. The summed E-state index contributed by atoms with van der Waals surface area (Å²) in [6.07, 6.45) is 3.95. The van der Waals surface area contributed by atoms with Crippen LogP contribution in [0.2, 0.25) is 0 Å². The van der Waals surface area contributed by atoms with Gasteiger partial charge in [-0.25, -0.2) is 0 Å². The summed E-state index contributed by atoms with van der Waals surface area (Å²) in [5.74, 6) is 1.85. The SMILES string of the molecule is CCN1C(=O)C(=C2Sc3ccc(OC)cc3N2CC)SC1=NCCCCOc1ccc(C(C)(C)CC)cc1C(C)(C)CC. The van der Waals surface area contributed by atoms with E-state index in [1.165, 1.54) is 22.9 Å². The van der Waals surface area contributed by atoms with Crippen LogP contribution in [0.5, 0.6) is 11.5 Å². The van der Waals surface area contributed by atoms with Crippen LogP contribution in [0.3, 0.4) is 0 Å². The predicted molar refractivity (Wildman–Crippen MR) is 184 cm³/mol. The maximum Gasteiger partial charge on any atom is 0.269 e. The summed E-state index contributed by atoms with van der Waals surface area (Å²) in [6.45, 7) is 20.5. The highest BCUT2D eigenvalue weighted by Gasteiger charge is 2.39. The minimum Gasteiger partial charge on any atom is -0.497 e. The van der Waals surface area contributed by atoms with Gasteiger partial charge in [-0.3, -0.25) is 14.7 Å². The Morgan fingerprint density at radius 2 is 1.58 bits per heavy atom. The molecular formula is C35H49N3O3S2. The molecule has 6 nitrogen and oxygen atoms in total. The van der Waals surface area contributed by atoms with Crippen molar-refractivity contribution in [3.8, 4) is 11.5 Å². The van der Waals surface area contributed by atoms with Gasteiger partial charge in [-0.1, -0.05) is 65.4 Å². The second kappa shape index (κ2) is 14.0. The number of rotatable bonds is 13. The lowest BCUT2D eigenvalue weighted by Crippen LogP contribution is -2.29. The second-order valence-corrected chi connectivity index (χ2v) is 14.4. The van der Waals surface area contributed by atoms with E-state index in [9.17, 15) is 4.79 Å². The summed E-state index contributed by atoms with van der Waals surface area (Å²) in [5.41, 5.74) is 3.93. The third-order valence-electron chi connectivity index (χ3n) is 8.91. The van der Waals surface area contributed by atoms with Crippen LogP contribution in [0.1, 0.15) is 92.2 Å². The molecule has 2 aliphatic rings. The fraction of sp³-hybridized carbons (Fsp3) is 0.543. The number of unbranched alkanes of at least 4 members (excludes halogenated alkanes) is 1. The molecule has 2 heterocycles. The van der Waals surface area contributed by atoms with Crippen molar-refractivity contribution in [2.75, 3.05) is 38.3 Å². The van der Waals surface area contributed by atoms with Crippen LogP contribution in [-0.2, 0) is 15.6 Å². The topological polar surface area (TPSA) is 54.4 Å². The van der Waals surface area contributed by atoms with Gasteiger partial charge in [0, 0.05) is 36.2 Å². The third-order valence-corrected chi connectivity index (χ3v) is 11.3. The van der Waals surface area contributed by atoms with Crippen LogP contribution in [-0.4, -0.2) is 49.3 Å². The average Bonchev–Trinajstić information content (AvgIpc) is 3.53. The van der Waals surface area contributed by atoms with Gasteiger partial charge in [-0.2, -0.15) is 0 Å². The largest absolute Gasteiger partial charge is 0.497 e. The number of hydrogen-bond acceptors (Lipinski definition) is 7. The monoisotopic (exact) mass is 623 g/mol. The van der Waals surface area contributed by atoms with Crippen molar-refractivity contribution < 1.29 is 14.3 Å². The highest BCUT2D eigenvalue weighted by atomic mass is 32.2. The van der Waals surface area contributed by atoms with Gasteiger partial charge in [0.1, 0.15) is 21.4 Å². The van der Waals surface area contributed by atoms with E-state index >= 15 is 0 Å². The lowest BCUT2D eigenvalue weighted by molar-refractivity contribution is -0.122. The molecule has 0 aromatic heterocycles. The Balaban J connectivity index is 1.40. The second-order valence-electron chi connectivity index (χ2n) is 12.4. The number of ether oxygens (including phenoxy) is 2. The van der Waals surface area contributed by atoms with Crippen molar-refractivity contribution in [3.63, 3.8) is 0 Å². The molecule has 1 fully saturated rings. The molecule has 2 aromatic rings. The molecule has 234 valence electrons. The van der Waals surface area contributed by atoms with Gasteiger partial charge >= 0.3 is 0 Å². The molecule has 1 amide bonds. The van der Waals surface area contributed by atoms with E-state index in [-0.39, 0.29) is 16.7 Å². The normalized spacial score (nSPS) is 18.2. The van der Waals surface area contributed by atoms with Gasteiger partial charge in [0.05, 0.1) is 19.4 Å². The highest BCUT2D eigenvalue weighted by molar-refractivity contribution is 8.19. The van der Waals surface area contributed by atoms with E-state index in [0.29, 0.717) is 19.7 Å². The number of benzene rings is 2. The standard InChI is InChI=1S/C35H49N3O3S2/c1-10-34(5,6)24-16-18-28(26(22-24)35(7,8)11-2)41-21-15-14-20-36-33-38(13-4)31(39)30(43-33)32-37(12-3)27-23-25(40-9)17-19-29(27)42-32/h16-19,22-23H,10-15,20-21H2,1-9H3. The van der Waals surface area contributed by atoms with Crippen LogP contribution in [0, 0.1) is 0 Å². The summed E-state index contributed by atoms with van der Waals surface area (Å²) < 4.78 is 11.8. The number of amidine groups is 1. The Hall–Kier alpha value is -2.58. The lowest BCUT2D eigenvalue weighted by atomic mass is 9.76. The minimum atomic E-state index is 0.0380. The van der Waals surface area contributed by atoms with E-state index in [2.05, 4.69) is 77.6 Å². The zero-order valence-corrected chi connectivity index (χ0v) is 29.1. The van der Waals surface area contributed by atoms with Crippen LogP contribution in [0.25, 0.3) is 0 Å². The smallest absolute Gasteiger partial charge is 0.269 e. The van der Waals surface area contributed by atoms with Crippen LogP contribution in [0.15, 0.2) is 56.2 Å². The number of likely N-dealkylation sites (N-methyl/N-ethyl adjacent to an activating group) is 1. The van der Waals surface area contributed by atoms with Gasteiger partial charge in [-0.15, -0.1) is 0 Å². The van der Waals surface area contributed by atoms with Crippen molar-refractivity contribution >= 4 is 40.3 Å². The summed E-state index contributed by atoms with van der Waals surface area (Å²) in [5, 5.41) is 1.78.